The van der Waals surface area contributed by atoms with Gasteiger partial charge in [-0.25, -0.2) is 0 Å². The lowest BCUT2D eigenvalue weighted by atomic mass is 10.1. The Morgan fingerprint density at radius 2 is 1.83 bits per heavy atom. The molecule has 0 bridgehead atoms. The Kier molecular flexibility index (Phi) is 4.18. The van der Waals surface area contributed by atoms with Crippen LogP contribution < -0.4 is 9.47 Å². The molecule has 2 nitrogen and oxygen atoms in total. The van der Waals surface area contributed by atoms with Crippen LogP contribution in [0, 0.1) is 0 Å². The van der Waals surface area contributed by atoms with Gasteiger partial charge in [0.05, 0.1) is 0 Å². The molecule has 1 aliphatic rings. The normalized spacial score (nSPS) is 14.2. The predicted molar refractivity (Wildman–Crippen MR) is 104 cm³/mol. The molecule has 24 heavy (non-hydrogen) atoms. The van der Waals surface area contributed by atoms with Gasteiger partial charge in [0.25, 0.3) is 5.01 Å². The summed E-state index contributed by atoms with van der Waals surface area (Å²) in [5.74, 6) is 0. The summed E-state index contributed by atoms with van der Waals surface area (Å²) >= 11 is 1.82. The number of allylic oxidation sites excluding steroid dienone is 1. The first-order chi connectivity index (χ1) is 11.8. The molecule has 1 aliphatic heterocycles. The fraction of sp³-hybridized carbons (Fsp3) is 0.190. The van der Waals surface area contributed by atoms with Crippen molar-refractivity contribution in [1.82, 2.24) is 0 Å². The molecule has 2 heterocycles. The van der Waals surface area contributed by atoms with Gasteiger partial charge in [0, 0.05) is 30.9 Å². The van der Waals surface area contributed by atoms with E-state index in [9.17, 15) is 0 Å². The van der Waals surface area contributed by atoms with Gasteiger partial charge in [-0.1, -0.05) is 42.2 Å². The third kappa shape index (κ3) is 2.87. The van der Waals surface area contributed by atoms with Gasteiger partial charge < -0.3 is 4.90 Å². The third-order valence-electron chi connectivity index (χ3n) is 4.48. The van der Waals surface area contributed by atoms with Crippen LogP contribution in [0.5, 0.6) is 0 Å². The molecule has 1 fully saturated rings. The molecule has 2 aromatic carbocycles. The molecule has 3 aromatic rings. The quantitative estimate of drug-likeness (QED) is 0.482. The van der Waals surface area contributed by atoms with E-state index in [1.807, 2.05) is 17.4 Å². The Morgan fingerprint density at radius 1 is 1.04 bits per heavy atom. The van der Waals surface area contributed by atoms with Crippen molar-refractivity contribution in [1.29, 1.82) is 0 Å². The molecule has 0 spiro atoms. The van der Waals surface area contributed by atoms with E-state index in [0.29, 0.717) is 0 Å². The minimum atomic E-state index is 0.831. The molecule has 0 atom stereocenters. The Morgan fingerprint density at radius 3 is 2.54 bits per heavy atom. The highest BCUT2D eigenvalue weighted by atomic mass is 32.1. The second-order valence-corrected chi connectivity index (χ2v) is 7.13. The van der Waals surface area contributed by atoms with Crippen LogP contribution in [0.4, 0.5) is 5.69 Å². The van der Waals surface area contributed by atoms with Gasteiger partial charge in [0.2, 0.25) is 5.52 Å². The molecule has 1 aromatic heterocycles. The molecular formula is C21H21N2S+. The Balaban J connectivity index is 1.61. The van der Waals surface area contributed by atoms with Gasteiger partial charge in [-0.2, -0.15) is 4.57 Å². The first-order valence-electron chi connectivity index (χ1n) is 8.40. The second-order valence-electron chi connectivity index (χ2n) is 6.07. The number of thiazole rings is 1. The fourth-order valence-corrected chi connectivity index (χ4v) is 4.11. The molecule has 0 aliphatic carbocycles. The molecule has 3 heteroatoms. The van der Waals surface area contributed by atoms with Crippen LogP contribution in [0.1, 0.15) is 17.0 Å². The van der Waals surface area contributed by atoms with Crippen LogP contribution >= 0.6 is 11.3 Å². The second kappa shape index (κ2) is 6.62. The average Bonchev–Trinajstić information content (AvgIpc) is 2.91. The summed E-state index contributed by atoms with van der Waals surface area (Å²) in [4.78, 5) is 2.41. The third-order valence-corrected chi connectivity index (χ3v) is 5.61. The molecule has 0 unspecified atom stereocenters. The topological polar surface area (TPSA) is 7.12 Å². The molecule has 0 N–H and O–H groups in total. The number of rotatable bonds is 5. The Bertz CT molecular complexity index is 886. The molecule has 0 radical (unpaired) electrons. The van der Waals surface area contributed by atoms with Crippen molar-refractivity contribution < 1.29 is 4.57 Å². The van der Waals surface area contributed by atoms with Gasteiger partial charge in [0.1, 0.15) is 4.70 Å². The smallest absolute Gasteiger partial charge is 0.263 e. The SMILES string of the molecule is C=CC[n+]1c(/C=C/c2ccc(N3CCC3)cc2)sc2ccccc21. The number of aromatic nitrogens is 1. The van der Waals surface area contributed by atoms with Crippen molar-refractivity contribution in [2.75, 3.05) is 18.0 Å². The zero-order valence-corrected chi connectivity index (χ0v) is 14.5. The number of fused-ring (bicyclic) bond motifs is 1. The fourth-order valence-electron chi connectivity index (χ4n) is 3.03. The minimum absolute atomic E-state index is 0.831. The number of hydrogen-bond acceptors (Lipinski definition) is 2. The highest BCUT2D eigenvalue weighted by molar-refractivity contribution is 7.18. The van der Waals surface area contributed by atoms with Crippen LogP contribution in [-0.4, -0.2) is 13.1 Å². The van der Waals surface area contributed by atoms with Crippen LogP contribution in [0.15, 0.2) is 61.2 Å². The van der Waals surface area contributed by atoms with Crippen molar-refractivity contribution in [2.24, 2.45) is 0 Å². The van der Waals surface area contributed by atoms with Gasteiger partial charge >= 0.3 is 0 Å². The van der Waals surface area contributed by atoms with E-state index in [-0.39, 0.29) is 0 Å². The first-order valence-corrected chi connectivity index (χ1v) is 9.22. The van der Waals surface area contributed by atoms with Gasteiger partial charge in [-0.15, -0.1) is 0 Å². The first kappa shape index (κ1) is 15.2. The van der Waals surface area contributed by atoms with Crippen molar-refractivity contribution >= 4 is 39.4 Å². The van der Waals surface area contributed by atoms with Crippen LogP contribution in [0.2, 0.25) is 0 Å². The van der Waals surface area contributed by atoms with E-state index < -0.39 is 0 Å². The number of para-hydroxylation sites is 1. The van der Waals surface area contributed by atoms with Gasteiger partial charge in [-0.3, -0.25) is 0 Å². The van der Waals surface area contributed by atoms with Crippen molar-refractivity contribution in [3.05, 3.63) is 71.8 Å². The Labute approximate surface area is 147 Å². The zero-order valence-electron chi connectivity index (χ0n) is 13.7. The van der Waals surface area contributed by atoms with Crippen LogP contribution in [-0.2, 0) is 6.54 Å². The standard InChI is InChI=1S/C21H21N2S/c1-2-14-23-19-6-3-4-7-20(19)24-21(23)13-10-17-8-11-18(12-9-17)22-15-5-16-22/h2-4,6-13H,1,5,14-16H2/q+1. The lowest BCUT2D eigenvalue weighted by Crippen LogP contribution is -2.36. The molecule has 0 saturated carbocycles. The van der Waals surface area contributed by atoms with E-state index in [1.54, 1.807) is 0 Å². The summed E-state index contributed by atoms with van der Waals surface area (Å²) in [5.41, 5.74) is 3.85. The van der Waals surface area contributed by atoms with Gasteiger partial charge in [-0.05, 0) is 42.3 Å². The van der Waals surface area contributed by atoms with Crippen molar-refractivity contribution in [3.63, 3.8) is 0 Å². The maximum Gasteiger partial charge on any atom is 0.263 e. The Hall–Kier alpha value is -2.39. The lowest BCUT2D eigenvalue weighted by molar-refractivity contribution is -0.658. The average molecular weight is 333 g/mol. The van der Waals surface area contributed by atoms with E-state index in [2.05, 4.69) is 76.7 Å². The largest absolute Gasteiger partial charge is 0.371 e. The monoisotopic (exact) mass is 333 g/mol. The number of hydrogen-bond donors (Lipinski definition) is 0. The highest BCUT2D eigenvalue weighted by Gasteiger charge is 2.16. The summed E-state index contributed by atoms with van der Waals surface area (Å²) < 4.78 is 3.63. The lowest BCUT2D eigenvalue weighted by Gasteiger charge is -2.33. The summed E-state index contributed by atoms with van der Waals surface area (Å²) in [6.45, 7) is 7.11. The molecule has 1 saturated heterocycles. The highest BCUT2D eigenvalue weighted by Crippen LogP contribution is 2.23. The number of anilines is 1. The number of nitrogens with zero attached hydrogens (tertiary/aromatic N) is 2. The van der Waals surface area contributed by atoms with E-state index in [1.165, 1.54) is 46.0 Å². The molecule has 4 rings (SSSR count). The summed E-state index contributed by atoms with van der Waals surface area (Å²) in [6, 6.07) is 17.4. The summed E-state index contributed by atoms with van der Waals surface area (Å²) in [6.07, 6.45) is 7.69. The molecule has 120 valence electrons. The molecular weight excluding hydrogens is 312 g/mol. The predicted octanol–water partition coefficient (Wildman–Crippen LogP) is 4.76. The zero-order chi connectivity index (χ0) is 16.4. The molecule has 0 amide bonds. The minimum Gasteiger partial charge on any atom is -0.371 e. The maximum atomic E-state index is 3.90. The van der Waals surface area contributed by atoms with Crippen LogP contribution in [0.25, 0.3) is 22.4 Å². The summed E-state index contributed by atoms with van der Waals surface area (Å²) in [5, 5.41) is 1.25. The van der Waals surface area contributed by atoms with Crippen molar-refractivity contribution in [3.8, 4) is 0 Å². The van der Waals surface area contributed by atoms with E-state index in [0.717, 1.165) is 6.54 Å². The van der Waals surface area contributed by atoms with Crippen LogP contribution in [0.3, 0.4) is 0 Å². The van der Waals surface area contributed by atoms with E-state index >= 15 is 0 Å². The van der Waals surface area contributed by atoms with Gasteiger partial charge in [0.15, 0.2) is 6.54 Å². The summed E-state index contributed by atoms with van der Waals surface area (Å²) in [7, 11) is 0. The van der Waals surface area contributed by atoms with Crippen molar-refractivity contribution in [2.45, 2.75) is 13.0 Å². The maximum absolute atomic E-state index is 3.90. The number of benzene rings is 2. The van der Waals surface area contributed by atoms with E-state index in [4.69, 9.17) is 0 Å².